The molecule has 0 aromatic heterocycles. The van der Waals surface area contributed by atoms with Crippen LogP contribution in [0.2, 0.25) is 0 Å². The third-order valence-electron chi connectivity index (χ3n) is 2.38. The second kappa shape index (κ2) is 7.93. The molecule has 110 valence electrons. The highest BCUT2D eigenvalue weighted by Crippen LogP contribution is 2.14. The van der Waals surface area contributed by atoms with Crippen LogP contribution in [0.25, 0.3) is 0 Å². The Labute approximate surface area is 136 Å². The number of carbonyl (C=O) groups is 2. The Kier molecular flexibility index (Phi) is 6.89. The first-order valence-corrected chi connectivity index (χ1v) is 7.29. The molecule has 1 aromatic rings. The molecule has 20 heavy (non-hydrogen) atoms. The molecule has 0 bridgehead atoms. The van der Waals surface area contributed by atoms with Crippen molar-refractivity contribution in [3.8, 4) is 0 Å². The molecule has 2 N–H and O–H groups in total. The fraction of sp³-hybridized carbons (Fsp3) is 0.333. The molecule has 8 heteroatoms. The fourth-order valence-electron chi connectivity index (χ4n) is 1.37. The summed E-state index contributed by atoms with van der Waals surface area (Å²) in [5.74, 6) is -1.28. The molecule has 0 aliphatic carbocycles. The number of rotatable bonds is 5. The van der Waals surface area contributed by atoms with Crippen molar-refractivity contribution in [2.45, 2.75) is 22.8 Å². The molecule has 0 radical (unpaired) electrons. The summed E-state index contributed by atoms with van der Waals surface area (Å²) < 4.78 is 0. The summed E-state index contributed by atoms with van der Waals surface area (Å²) in [5, 5.41) is 4.97. The zero-order valence-corrected chi connectivity index (χ0v) is 13.4. The highest BCUT2D eigenvalue weighted by Gasteiger charge is 2.22. The Bertz CT molecular complexity index is 455. The van der Waals surface area contributed by atoms with Gasteiger partial charge in [-0.05, 0) is 12.5 Å². The van der Waals surface area contributed by atoms with E-state index >= 15 is 0 Å². The summed E-state index contributed by atoms with van der Waals surface area (Å²) in [6, 6.07) is 7.15. The number of halogens is 4. The molecular formula is C12H12Cl4N2O2. The second-order valence-corrected chi connectivity index (χ2v) is 6.15. The summed E-state index contributed by atoms with van der Waals surface area (Å²) in [6.45, 7) is 1.91. The van der Waals surface area contributed by atoms with E-state index in [4.69, 9.17) is 46.4 Å². The minimum Gasteiger partial charge on any atom is -0.330 e. The average molecular weight is 358 g/mol. The van der Waals surface area contributed by atoms with Gasteiger partial charge < -0.3 is 10.6 Å². The van der Waals surface area contributed by atoms with Crippen molar-refractivity contribution in [3.05, 3.63) is 35.4 Å². The summed E-state index contributed by atoms with van der Waals surface area (Å²) >= 11 is 21.9. The third-order valence-corrected chi connectivity index (χ3v) is 3.17. The van der Waals surface area contributed by atoms with Crippen LogP contribution in [0.15, 0.2) is 24.3 Å². The van der Waals surface area contributed by atoms with Gasteiger partial charge in [-0.25, -0.2) is 0 Å². The van der Waals surface area contributed by atoms with E-state index in [-0.39, 0.29) is 0 Å². The lowest BCUT2D eigenvalue weighted by Gasteiger charge is -2.21. The van der Waals surface area contributed by atoms with Gasteiger partial charge in [-0.15, -0.1) is 0 Å². The summed E-state index contributed by atoms with van der Waals surface area (Å²) in [4.78, 5) is 20.6. The van der Waals surface area contributed by atoms with Crippen molar-refractivity contribution in [3.63, 3.8) is 0 Å². The SMILES string of the molecule is Cc1ccc(C(NC(=O)C(Cl)Cl)NC(=O)C(Cl)Cl)cc1. The van der Waals surface area contributed by atoms with E-state index in [0.29, 0.717) is 5.56 Å². The van der Waals surface area contributed by atoms with Crippen molar-refractivity contribution in [1.29, 1.82) is 0 Å². The van der Waals surface area contributed by atoms with Gasteiger partial charge in [0, 0.05) is 0 Å². The molecule has 1 rings (SSSR count). The summed E-state index contributed by atoms with van der Waals surface area (Å²) in [6.07, 6.45) is -0.824. The van der Waals surface area contributed by atoms with Crippen molar-refractivity contribution in [2.75, 3.05) is 0 Å². The maximum Gasteiger partial charge on any atom is 0.255 e. The van der Waals surface area contributed by atoms with Crippen LogP contribution < -0.4 is 10.6 Å². The van der Waals surface area contributed by atoms with Gasteiger partial charge in [-0.2, -0.15) is 0 Å². The number of carbonyl (C=O) groups excluding carboxylic acids is 2. The van der Waals surface area contributed by atoms with Crippen LogP contribution >= 0.6 is 46.4 Å². The van der Waals surface area contributed by atoms with Crippen LogP contribution in [0.1, 0.15) is 17.3 Å². The lowest BCUT2D eigenvalue weighted by Crippen LogP contribution is -2.44. The molecule has 0 heterocycles. The number of aryl methyl sites for hydroxylation is 1. The monoisotopic (exact) mass is 356 g/mol. The van der Waals surface area contributed by atoms with Crippen LogP contribution in [-0.4, -0.2) is 21.5 Å². The molecule has 0 aliphatic heterocycles. The van der Waals surface area contributed by atoms with Gasteiger partial charge in [-0.3, -0.25) is 9.59 Å². The van der Waals surface area contributed by atoms with Crippen molar-refractivity contribution < 1.29 is 9.59 Å². The highest BCUT2D eigenvalue weighted by molar-refractivity contribution is 6.54. The zero-order valence-electron chi connectivity index (χ0n) is 10.4. The van der Waals surface area contributed by atoms with Gasteiger partial charge in [0.2, 0.25) is 0 Å². The molecule has 4 nitrogen and oxygen atoms in total. The molecule has 0 saturated heterocycles. The molecule has 0 saturated carbocycles. The minimum absolute atomic E-state index is 0.639. The maximum atomic E-state index is 11.6. The minimum atomic E-state index is -1.25. The van der Waals surface area contributed by atoms with E-state index in [2.05, 4.69) is 10.6 Å². The predicted molar refractivity (Wildman–Crippen MR) is 81.2 cm³/mol. The van der Waals surface area contributed by atoms with Crippen molar-refractivity contribution in [1.82, 2.24) is 10.6 Å². The van der Waals surface area contributed by atoms with E-state index in [1.54, 1.807) is 12.1 Å². The Morgan fingerprint density at radius 3 is 1.65 bits per heavy atom. The predicted octanol–water partition coefficient (Wildman–Crippen LogP) is 2.83. The summed E-state index contributed by atoms with van der Waals surface area (Å²) in [5.41, 5.74) is 1.67. The van der Waals surface area contributed by atoms with Gasteiger partial charge in [0.1, 0.15) is 6.17 Å². The summed E-state index contributed by atoms with van der Waals surface area (Å²) in [7, 11) is 0. The van der Waals surface area contributed by atoms with Crippen LogP contribution in [0.4, 0.5) is 0 Å². The van der Waals surface area contributed by atoms with Gasteiger partial charge in [-0.1, -0.05) is 76.2 Å². The largest absolute Gasteiger partial charge is 0.330 e. The average Bonchev–Trinajstić information content (AvgIpc) is 2.38. The van der Waals surface area contributed by atoms with E-state index in [0.717, 1.165) is 5.56 Å². The van der Waals surface area contributed by atoms with Gasteiger partial charge in [0.05, 0.1) is 0 Å². The van der Waals surface area contributed by atoms with Crippen LogP contribution in [0.3, 0.4) is 0 Å². The van der Waals surface area contributed by atoms with Crippen LogP contribution in [0.5, 0.6) is 0 Å². The van der Waals surface area contributed by atoms with Crippen LogP contribution in [-0.2, 0) is 9.59 Å². The first kappa shape index (κ1) is 17.4. The third kappa shape index (κ3) is 5.37. The van der Waals surface area contributed by atoms with Gasteiger partial charge >= 0.3 is 0 Å². The number of hydrogen-bond donors (Lipinski definition) is 2. The number of amides is 2. The topological polar surface area (TPSA) is 58.2 Å². The molecule has 0 atom stereocenters. The number of alkyl halides is 4. The molecule has 0 spiro atoms. The molecule has 0 fully saturated rings. The van der Waals surface area contributed by atoms with Crippen molar-refractivity contribution >= 4 is 58.2 Å². The molecule has 1 aromatic carbocycles. The van der Waals surface area contributed by atoms with Crippen LogP contribution in [0, 0.1) is 6.92 Å². The molecule has 2 amide bonds. The lowest BCUT2D eigenvalue weighted by molar-refractivity contribution is -0.122. The quantitative estimate of drug-likeness (QED) is 0.628. The molecule has 0 aliphatic rings. The highest BCUT2D eigenvalue weighted by atomic mass is 35.5. The van der Waals surface area contributed by atoms with E-state index < -0.39 is 27.7 Å². The first-order valence-electron chi connectivity index (χ1n) is 5.55. The van der Waals surface area contributed by atoms with E-state index in [9.17, 15) is 9.59 Å². The Morgan fingerprint density at radius 2 is 1.30 bits per heavy atom. The van der Waals surface area contributed by atoms with Crippen molar-refractivity contribution in [2.24, 2.45) is 0 Å². The second-order valence-electron chi connectivity index (χ2n) is 3.96. The standard InChI is InChI=1S/C12H12Cl4N2O2/c1-6-2-4-7(5-3-6)10(17-11(19)8(13)14)18-12(20)9(15)16/h2-5,8-10H,1H3,(H,17,19)(H,18,20). The maximum absolute atomic E-state index is 11.6. The Morgan fingerprint density at radius 1 is 0.900 bits per heavy atom. The number of nitrogens with one attached hydrogen (secondary N) is 2. The first-order chi connectivity index (χ1) is 9.31. The number of hydrogen-bond acceptors (Lipinski definition) is 2. The lowest BCUT2D eigenvalue weighted by atomic mass is 10.1. The molecule has 0 unspecified atom stereocenters. The number of benzene rings is 1. The smallest absolute Gasteiger partial charge is 0.255 e. The van der Waals surface area contributed by atoms with E-state index in [1.165, 1.54) is 0 Å². The Balaban J connectivity index is 2.91. The van der Waals surface area contributed by atoms with E-state index in [1.807, 2.05) is 19.1 Å². The normalized spacial score (nSPS) is 11.0. The molecular weight excluding hydrogens is 346 g/mol. The van der Waals surface area contributed by atoms with Gasteiger partial charge in [0.15, 0.2) is 9.67 Å². The Hall–Kier alpha value is -0.680. The zero-order chi connectivity index (χ0) is 15.3. The fourth-order valence-corrected chi connectivity index (χ4v) is 1.62. The van der Waals surface area contributed by atoms with Gasteiger partial charge in [0.25, 0.3) is 11.8 Å².